The maximum Gasteiger partial charge on any atom is 0.298 e. The zero-order chi connectivity index (χ0) is 27.4. The first kappa shape index (κ1) is 25.9. The number of amides is 2. The maximum absolute atomic E-state index is 12.9. The van der Waals surface area contributed by atoms with Crippen LogP contribution in [0, 0.1) is 11.8 Å². The Bertz CT molecular complexity index is 1580. The van der Waals surface area contributed by atoms with Crippen LogP contribution in [0.25, 0.3) is 22.3 Å². The molecular formula is C29H30N8O2. The number of aryl methyl sites for hydroxylation is 1. The molecule has 1 unspecified atom stereocenters. The van der Waals surface area contributed by atoms with E-state index in [2.05, 4.69) is 39.0 Å². The van der Waals surface area contributed by atoms with Crippen molar-refractivity contribution < 1.29 is 9.59 Å². The van der Waals surface area contributed by atoms with Gasteiger partial charge in [0.1, 0.15) is 23.7 Å². The third-order valence-corrected chi connectivity index (χ3v) is 6.80. The summed E-state index contributed by atoms with van der Waals surface area (Å²) in [4.78, 5) is 40.0. The number of pyridine rings is 1. The van der Waals surface area contributed by atoms with Crippen molar-refractivity contribution >= 4 is 34.5 Å². The van der Waals surface area contributed by atoms with Crippen LogP contribution in [0.3, 0.4) is 0 Å². The first-order valence-electron chi connectivity index (χ1n) is 13.1. The summed E-state index contributed by atoms with van der Waals surface area (Å²) in [5.41, 5.74) is 9.93. The van der Waals surface area contributed by atoms with E-state index >= 15 is 0 Å². The predicted molar refractivity (Wildman–Crippen MR) is 150 cm³/mol. The maximum atomic E-state index is 12.9. The molecule has 4 aromatic rings. The fourth-order valence-corrected chi connectivity index (χ4v) is 4.93. The molecule has 0 radical (unpaired) electrons. The molecule has 0 aliphatic carbocycles. The third kappa shape index (κ3) is 5.43. The molecule has 3 N–H and O–H groups in total. The van der Waals surface area contributed by atoms with Crippen LogP contribution in [0.1, 0.15) is 55.1 Å². The largest absolute Gasteiger partial charge is 0.383 e. The highest BCUT2D eigenvalue weighted by atomic mass is 16.2. The topological polar surface area (TPSA) is 132 Å². The van der Waals surface area contributed by atoms with Crippen LogP contribution in [0.15, 0.2) is 48.9 Å². The zero-order valence-electron chi connectivity index (χ0n) is 22.0. The van der Waals surface area contributed by atoms with Crippen LogP contribution in [0.4, 0.5) is 11.6 Å². The van der Waals surface area contributed by atoms with E-state index in [4.69, 9.17) is 10.8 Å². The number of carbonyl (C=O) groups is 2. The van der Waals surface area contributed by atoms with Gasteiger partial charge in [-0.25, -0.2) is 19.6 Å². The quantitative estimate of drug-likeness (QED) is 0.368. The molecule has 198 valence electrons. The number of benzene rings is 1. The van der Waals surface area contributed by atoms with Gasteiger partial charge in [-0.3, -0.25) is 9.59 Å². The fourth-order valence-electron chi connectivity index (χ4n) is 4.93. The van der Waals surface area contributed by atoms with E-state index in [0.717, 1.165) is 36.8 Å². The van der Waals surface area contributed by atoms with Gasteiger partial charge in [-0.1, -0.05) is 31.4 Å². The van der Waals surface area contributed by atoms with Crippen molar-refractivity contribution in [2.75, 3.05) is 24.1 Å². The van der Waals surface area contributed by atoms with Crippen molar-refractivity contribution in [3.8, 4) is 23.1 Å². The molecule has 1 aliphatic rings. The van der Waals surface area contributed by atoms with E-state index in [1.165, 1.54) is 6.33 Å². The molecule has 39 heavy (non-hydrogen) atoms. The minimum atomic E-state index is -0.247. The Balaban J connectivity index is 1.42. The molecule has 10 nitrogen and oxygen atoms in total. The Hall–Kier alpha value is -4.78. The zero-order valence-corrected chi connectivity index (χ0v) is 22.0. The van der Waals surface area contributed by atoms with E-state index < -0.39 is 0 Å². The van der Waals surface area contributed by atoms with Gasteiger partial charge in [-0.15, -0.1) is 0 Å². The summed E-state index contributed by atoms with van der Waals surface area (Å²) in [5, 5.41) is 8.42. The number of nitrogen functional groups attached to an aromatic ring is 1. The number of aromatic nitrogens is 5. The van der Waals surface area contributed by atoms with Crippen LogP contribution in [-0.2, 0) is 11.2 Å². The summed E-state index contributed by atoms with van der Waals surface area (Å²) >= 11 is 0. The summed E-state index contributed by atoms with van der Waals surface area (Å²) < 4.78 is 1.84. The van der Waals surface area contributed by atoms with Crippen molar-refractivity contribution in [1.29, 1.82) is 0 Å². The highest BCUT2D eigenvalue weighted by Gasteiger charge is 2.28. The summed E-state index contributed by atoms with van der Waals surface area (Å²) in [6.07, 6.45) is 6.75. The number of fused-ring (bicyclic) bond motifs is 1. The number of nitrogens with one attached hydrogen (secondary N) is 1. The number of carbonyl (C=O) groups excluding carboxylic acids is 2. The monoisotopic (exact) mass is 522 g/mol. The first-order chi connectivity index (χ1) is 19.0. The minimum Gasteiger partial charge on any atom is -0.383 e. The molecule has 1 fully saturated rings. The van der Waals surface area contributed by atoms with Crippen molar-refractivity contribution in [3.63, 3.8) is 0 Å². The molecule has 3 aromatic heterocycles. The van der Waals surface area contributed by atoms with E-state index in [-0.39, 0.29) is 17.9 Å². The number of hydrogen-bond acceptors (Lipinski definition) is 7. The standard InChI is InChI=1S/C29H30N8O2/c1-3-6-19-13-14-31-23(16-19)34-29(39)21-11-9-20(10-12-21)26-25-27(30)32-18-33-28(25)37(35-26)22-8-5-15-36(17-22)24(38)7-4-2/h9-14,16,18,22H,3,5-6,8,15,17H2,1-2H3,(H2,30,32,33)(H,31,34,39). The van der Waals surface area contributed by atoms with Crippen molar-refractivity contribution in [2.45, 2.75) is 45.6 Å². The molecule has 1 aromatic carbocycles. The van der Waals surface area contributed by atoms with E-state index in [1.807, 2.05) is 28.9 Å². The van der Waals surface area contributed by atoms with Crippen molar-refractivity contribution in [3.05, 3.63) is 60.0 Å². The lowest BCUT2D eigenvalue weighted by atomic mass is 10.1. The fraction of sp³-hybridized carbons (Fsp3) is 0.310. The third-order valence-electron chi connectivity index (χ3n) is 6.80. The van der Waals surface area contributed by atoms with E-state index in [0.29, 0.717) is 47.0 Å². The van der Waals surface area contributed by atoms with Crippen molar-refractivity contribution in [1.82, 2.24) is 29.6 Å². The molecule has 4 heterocycles. The average Bonchev–Trinajstić information content (AvgIpc) is 3.35. The van der Waals surface area contributed by atoms with Crippen LogP contribution in [0.2, 0.25) is 0 Å². The number of rotatable bonds is 6. The first-order valence-corrected chi connectivity index (χ1v) is 13.1. The number of hydrogen-bond donors (Lipinski definition) is 2. The highest BCUT2D eigenvalue weighted by Crippen LogP contribution is 2.34. The van der Waals surface area contributed by atoms with Gasteiger partial charge >= 0.3 is 0 Å². The highest BCUT2D eigenvalue weighted by molar-refractivity contribution is 6.04. The lowest BCUT2D eigenvalue weighted by Crippen LogP contribution is -2.40. The lowest BCUT2D eigenvalue weighted by molar-refractivity contribution is -0.126. The smallest absolute Gasteiger partial charge is 0.298 e. The number of nitrogens with two attached hydrogens (primary N) is 1. The van der Waals surface area contributed by atoms with Gasteiger partial charge < -0.3 is 16.0 Å². The van der Waals surface area contributed by atoms with Gasteiger partial charge in [-0.05, 0) is 61.9 Å². The second kappa shape index (κ2) is 11.3. The number of likely N-dealkylation sites (tertiary alicyclic amines) is 1. The second-order valence-corrected chi connectivity index (χ2v) is 9.50. The van der Waals surface area contributed by atoms with E-state index in [9.17, 15) is 9.59 Å². The number of piperidine rings is 1. The lowest BCUT2D eigenvalue weighted by Gasteiger charge is -2.31. The molecule has 2 amide bonds. The molecule has 0 spiro atoms. The number of nitrogens with zero attached hydrogens (tertiary/aromatic N) is 6. The summed E-state index contributed by atoms with van der Waals surface area (Å²) in [7, 11) is 0. The average molecular weight is 523 g/mol. The minimum absolute atomic E-state index is 0.0760. The Kier molecular flexibility index (Phi) is 7.50. The van der Waals surface area contributed by atoms with Crippen molar-refractivity contribution in [2.24, 2.45) is 0 Å². The molecule has 5 rings (SSSR count). The molecule has 1 saturated heterocycles. The van der Waals surface area contributed by atoms with Gasteiger partial charge in [0.15, 0.2) is 5.65 Å². The molecule has 0 saturated carbocycles. The van der Waals surface area contributed by atoms with Gasteiger partial charge in [0.25, 0.3) is 11.8 Å². The van der Waals surface area contributed by atoms with Gasteiger partial charge in [0.2, 0.25) is 0 Å². The van der Waals surface area contributed by atoms with Crippen LogP contribution < -0.4 is 11.1 Å². The molecule has 10 heteroatoms. The van der Waals surface area contributed by atoms with Gasteiger partial charge in [0.05, 0.1) is 11.4 Å². The van der Waals surface area contributed by atoms with Gasteiger partial charge in [-0.2, -0.15) is 5.10 Å². The predicted octanol–water partition coefficient (Wildman–Crippen LogP) is 3.86. The van der Waals surface area contributed by atoms with Crippen LogP contribution >= 0.6 is 0 Å². The normalized spacial score (nSPS) is 15.0. The molecule has 0 bridgehead atoms. The molecule has 1 atom stereocenters. The SMILES string of the molecule is CC#CC(=O)N1CCCC(n2nc(-c3ccc(C(=O)Nc4cc(CCC)ccn4)cc3)c3c(N)ncnc32)C1. The Morgan fingerprint density at radius 2 is 1.97 bits per heavy atom. The molecule has 1 aliphatic heterocycles. The number of anilines is 2. The van der Waals surface area contributed by atoms with Crippen LogP contribution in [-0.4, -0.2) is 54.5 Å². The Labute approximate surface area is 226 Å². The molecular weight excluding hydrogens is 492 g/mol. The van der Waals surface area contributed by atoms with E-state index in [1.54, 1.807) is 30.2 Å². The summed E-state index contributed by atoms with van der Waals surface area (Å²) in [6.45, 7) is 4.91. The summed E-state index contributed by atoms with van der Waals surface area (Å²) in [5.74, 6) is 5.72. The van der Waals surface area contributed by atoms with Gasteiger partial charge in [0, 0.05) is 30.4 Å². The Morgan fingerprint density at radius 1 is 1.15 bits per heavy atom. The second-order valence-electron chi connectivity index (χ2n) is 9.50. The summed E-state index contributed by atoms with van der Waals surface area (Å²) in [6, 6.07) is 10.9. The van der Waals surface area contributed by atoms with Crippen LogP contribution in [0.5, 0.6) is 0 Å². The Morgan fingerprint density at radius 3 is 2.74 bits per heavy atom.